The molecule has 1 atom stereocenters. The summed E-state index contributed by atoms with van der Waals surface area (Å²) < 4.78 is 0. The second-order valence-electron chi connectivity index (χ2n) is 5.83. The van der Waals surface area contributed by atoms with Crippen LogP contribution in [-0.4, -0.2) is 16.3 Å². The Morgan fingerprint density at radius 2 is 2.00 bits per heavy atom. The van der Waals surface area contributed by atoms with E-state index in [1.54, 1.807) is 18.3 Å². The molecule has 2 N–H and O–H groups in total. The summed E-state index contributed by atoms with van der Waals surface area (Å²) in [7, 11) is 0. The topological polar surface area (TPSA) is 48.4 Å². The lowest BCUT2D eigenvalue weighted by molar-refractivity contribution is 0.475. The lowest BCUT2D eigenvalue weighted by atomic mass is 10.1. The van der Waals surface area contributed by atoms with Crippen LogP contribution in [0.5, 0.6) is 5.75 Å². The summed E-state index contributed by atoms with van der Waals surface area (Å²) in [5.41, 5.74) is 2.07. The van der Waals surface area contributed by atoms with Gasteiger partial charge < -0.3 is 15.3 Å². The molecule has 1 aromatic heterocycles. The maximum atomic E-state index is 9.70. The molecule has 0 radical (unpaired) electrons. The average Bonchev–Trinajstić information content (AvgIpc) is 3.28. The number of hydrogen-bond donors (Lipinski definition) is 2. The summed E-state index contributed by atoms with van der Waals surface area (Å²) in [6.45, 7) is 0.673. The Balaban J connectivity index is 1.68. The average molecular weight is 336 g/mol. The number of benzene rings is 1. The van der Waals surface area contributed by atoms with Crippen molar-refractivity contribution in [3.8, 4) is 5.75 Å². The van der Waals surface area contributed by atoms with Gasteiger partial charge in [-0.05, 0) is 48.6 Å². The molecule has 1 aliphatic heterocycles. The lowest BCUT2D eigenvalue weighted by Crippen LogP contribution is -2.37. The molecule has 2 heterocycles. The molecule has 0 saturated heterocycles. The Hall–Kier alpha value is -1.65. The van der Waals surface area contributed by atoms with Crippen LogP contribution in [0.1, 0.15) is 18.4 Å². The normalized spacial score (nSPS) is 19.9. The number of pyridine rings is 1. The van der Waals surface area contributed by atoms with Gasteiger partial charge in [0.15, 0.2) is 11.6 Å². The van der Waals surface area contributed by atoms with Crippen LogP contribution >= 0.6 is 23.2 Å². The molecular formula is C16H15Cl2N3O. The van der Waals surface area contributed by atoms with Crippen molar-refractivity contribution in [2.24, 2.45) is 5.92 Å². The Bertz CT molecular complexity index is 710. The summed E-state index contributed by atoms with van der Waals surface area (Å²) in [5, 5.41) is 13.8. The fraction of sp³-hybridized carbons (Fsp3) is 0.312. The van der Waals surface area contributed by atoms with Crippen molar-refractivity contribution >= 4 is 34.7 Å². The van der Waals surface area contributed by atoms with Gasteiger partial charge in [0.1, 0.15) is 6.17 Å². The standard InChI is InChI=1S/C16H15Cl2N3O/c17-11-6-9(7-12(18)14(11)22)8-21-13-2-1-5-19-15(13)20-16(21)10-3-4-10/h1-2,5-7,10,16,22H,3-4,8H2,(H,19,20). The minimum absolute atomic E-state index is 0.0626. The van der Waals surface area contributed by atoms with Crippen LogP contribution < -0.4 is 10.2 Å². The second kappa shape index (κ2) is 5.21. The zero-order valence-corrected chi connectivity index (χ0v) is 13.3. The van der Waals surface area contributed by atoms with Gasteiger partial charge in [-0.2, -0.15) is 0 Å². The number of rotatable bonds is 3. The minimum Gasteiger partial charge on any atom is -0.505 e. The highest BCUT2D eigenvalue weighted by molar-refractivity contribution is 6.37. The monoisotopic (exact) mass is 335 g/mol. The van der Waals surface area contributed by atoms with Crippen LogP contribution in [0.4, 0.5) is 11.5 Å². The lowest BCUT2D eigenvalue weighted by Gasteiger charge is -2.27. The summed E-state index contributed by atoms with van der Waals surface area (Å²) >= 11 is 12.1. The van der Waals surface area contributed by atoms with Crippen LogP contribution in [0.15, 0.2) is 30.5 Å². The van der Waals surface area contributed by atoms with Crippen molar-refractivity contribution in [3.05, 3.63) is 46.1 Å². The molecule has 114 valence electrons. The van der Waals surface area contributed by atoms with Gasteiger partial charge in [-0.25, -0.2) is 4.98 Å². The van der Waals surface area contributed by atoms with E-state index in [4.69, 9.17) is 23.2 Å². The minimum atomic E-state index is -0.0626. The summed E-state index contributed by atoms with van der Waals surface area (Å²) in [5.74, 6) is 1.51. The Labute approximate surface area is 138 Å². The van der Waals surface area contributed by atoms with Crippen LogP contribution in [-0.2, 0) is 6.54 Å². The number of phenols is 1. The van der Waals surface area contributed by atoms with Crippen molar-refractivity contribution in [2.45, 2.75) is 25.6 Å². The maximum Gasteiger partial charge on any atom is 0.152 e. The number of phenolic OH excluding ortho intramolecular Hbond substituents is 1. The van der Waals surface area contributed by atoms with Gasteiger partial charge in [0.05, 0.1) is 15.7 Å². The molecule has 1 fully saturated rings. The molecule has 1 saturated carbocycles. The Morgan fingerprint density at radius 3 is 2.68 bits per heavy atom. The first-order valence-electron chi connectivity index (χ1n) is 7.28. The third kappa shape index (κ3) is 2.36. The van der Waals surface area contributed by atoms with E-state index in [9.17, 15) is 5.11 Å². The smallest absolute Gasteiger partial charge is 0.152 e. The molecule has 2 aliphatic rings. The third-order valence-corrected chi connectivity index (χ3v) is 4.79. The van der Waals surface area contributed by atoms with Crippen molar-refractivity contribution in [1.82, 2.24) is 4.98 Å². The van der Waals surface area contributed by atoms with Gasteiger partial charge in [0.25, 0.3) is 0 Å². The third-order valence-electron chi connectivity index (χ3n) is 4.21. The fourth-order valence-corrected chi connectivity index (χ4v) is 3.51. The van der Waals surface area contributed by atoms with E-state index in [-0.39, 0.29) is 22.0 Å². The molecule has 0 amide bonds. The SMILES string of the molecule is Oc1c(Cl)cc(CN2c3cccnc3NC2C2CC2)cc1Cl. The van der Waals surface area contributed by atoms with Crippen molar-refractivity contribution in [2.75, 3.05) is 10.2 Å². The molecule has 22 heavy (non-hydrogen) atoms. The second-order valence-corrected chi connectivity index (χ2v) is 6.65. The molecular weight excluding hydrogens is 321 g/mol. The zero-order valence-electron chi connectivity index (χ0n) is 11.8. The van der Waals surface area contributed by atoms with Gasteiger partial charge in [-0.1, -0.05) is 23.2 Å². The molecule has 0 spiro atoms. The number of fused-ring (bicyclic) bond motifs is 1. The number of aromatic nitrogens is 1. The van der Waals surface area contributed by atoms with Crippen molar-refractivity contribution < 1.29 is 5.11 Å². The zero-order chi connectivity index (χ0) is 15.3. The van der Waals surface area contributed by atoms with Gasteiger partial charge in [-0.15, -0.1) is 0 Å². The molecule has 1 aromatic carbocycles. The number of hydrogen-bond acceptors (Lipinski definition) is 4. The summed E-state index contributed by atoms with van der Waals surface area (Å²) in [6.07, 6.45) is 4.53. The summed E-state index contributed by atoms with van der Waals surface area (Å²) in [6, 6.07) is 7.54. The molecule has 1 unspecified atom stereocenters. The first-order valence-corrected chi connectivity index (χ1v) is 8.04. The van der Waals surface area contributed by atoms with Crippen molar-refractivity contribution in [3.63, 3.8) is 0 Å². The van der Waals surface area contributed by atoms with Crippen LogP contribution in [0.25, 0.3) is 0 Å². The quantitative estimate of drug-likeness (QED) is 0.879. The van der Waals surface area contributed by atoms with E-state index < -0.39 is 0 Å². The fourth-order valence-electron chi connectivity index (χ4n) is 2.98. The van der Waals surface area contributed by atoms with E-state index >= 15 is 0 Å². The van der Waals surface area contributed by atoms with E-state index in [2.05, 4.69) is 21.3 Å². The largest absolute Gasteiger partial charge is 0.505 e. The van der Waals surface area contributed by atoms with Gasteiger partial charge in [-0.3, -0.25) is 0 Å². The van der Waals surface area contributed by atoms with E-state index in [0.717, 1.165) is 17.1 Å². The number of aromatic hydroxyl groups is 1. The number of anilines is 2. The van der Waals surface area contributed by atoms with E-state index in [0.29, 0.717) is 12.5 Å². The highest BCUT2D eigenvalue weighted by Gasteiger charge is 2.40. The molecule has 6 heteroatoms. The Morgan fingerprint density at radius 1 is 1.27 bits per heavy atom. The van der Waals surface area contributed by atoms with Crippen LogP contribution in [0, 0.1) is 5.92 Å². The highest BCUT2D eigenvalue weighted by Crippen LogP contribution is 2.44. The van der Waals surface area contributed by atoms with Gasteiger partial charge >= 0.3 is 0 Å². The van der Waals surface area contributed by atoms with Crippen LogP contribution in [0.2, 0.25) is 10.0 Å². The Kier molecular flexibility index (Phi) is 3.31. The van der Waals surface area contributed by atoms with E-state index in [1.807, 2.05) is 6.07 Å². The van der Waals surface area contributed by atoms with Gasteiger partial charge in [0.2, 0.25) is 0 Å². The van der Waals surface area contributed by atoms with Gasteiger partial charge in [0, 0.05) is 12.7 Å². The highest BCUT2D eigenvalue weighted by atomic mass is 35.5. The molecule has 4 nitrogen and oxygen atoms in total. The first kappa shape index (κ1) is 14.0. The molecule has 0 bridgehead atoms. The molecule has 2 aromatic rings. The van der Waals surface area contributed by atoms with E-state index in [1.165, 1.54) is 12.8 Å². The number of nitrogens with zero attached hydrogens (tertiary/aromatic N) is 2. The maximum absolute atomic E-state index is 9.70. The number of halogens is 2. The first-order chi connectivity index (χ1) is 10.6. The van der Waals surface area contributed by atoms with Crippen LogP contribution in [0.3, 0.4) is 0 Å². The predicted octanol–water partition coefficient (Wildman–Crippen LogP) is 4.26. The molecule has 4 rings (SSSR count). The summed E-state index contributed by atoms with van der Waals surface area (Å²) in [4.78, 5) is 6.72. The van der Waals surface area contributed by atoms with Crippen molar-refractivity contribution in [1.29, 1.82) is 0 Å². The molecule has 1 aliphatic carbocycles. The predicted molar refractivity (Wildman–Crippen MR) is 88.7 cm³/mol. The number of nitrogens with one attached hydrogen (secondary N) is 1.